The van der Waals surface area contributed by atoms with Crippen LogP contribution in [-0.2, 0) is 4.74 Å². The molecule has 1 rings (SSSR count). The maximum atomic E-state index is 8.96. The summed E-state index contributed by atoms with van der Waals surface area (Å²) in [6.07, 6.45) is 1.70. The zero-order valence-corrected chi connectivity index (χ0v) is 5.13. The highest BCUT2D eigenvalue weighted by Gasteiger charge is 2.18. The zero-order chi connectivity index (χ0) is 5.98. The molecular weight excluding hydrogens is 104 g/mol. The summed E-state index contributed by atoms with van der Waals surface area (Å²) in [4.78, 5) is 0. The van der Waals surface area contributed by atoms with Gasteiger partial charge in [-0.15, -0.1) is 0 Å². The van der Waals surface area contributed by atoms with Crippen LogP contribution in [-0.4, -0.2) is 18.0 Å². The molecule has 0 spiro atoms. The van der Waals surface area contributed by atoms with E-state index in [0.29, 0.717) is 5.92 Å². The fraction of sp³-hybridized carbons (Fsp3) is 1.00. The molecule has 0 saturated carbocycles. The Hall–Kier alpha value is -0.0800. The lowest BCUT2D eigenvalue weighted by atomic mass is 10.0. The smallest absolute Gasteiger partial charge is 0.157 e. The highest BCUT2D eigenvalue weighted by atomic mass is 16.6. The van der Waals surface area contributed by atoms with E-state index in [2.05, 4.69) is 0 Å². The molecule has 0 aromatic carbocycles. The van der Waals surface area contributed by atoms with Gasteiger partial charge < -0.3 is 9.84 Å². The maximum Gasteiger partial charge on any atom is 0.157 e. The Kier molecular flexibility index (Phi) is 1.86. The van der Waals surface area contributed by atoms with Gasteiger partial charge in [0.2, 0.25) is 0 Å². The number of ether oxygens (including phenoxy) is 1. The van der Waals surface area contributed by atoms with E-state index in [1.165, 1.54) is 0 Å². The SMILES string of the molecule is C[C@H]1CCCOC1O. The average Bonchev–Trinajstić information content (AvgIpc) is 1.77. The first-order valence-electron chi connectivity index (χ1n) is 3.10. The molecular formula is C6H12O2. The fourth-order valence-electron chi connectivity index (χ4n) is 0.916. The molecule has 8 heavy (non-hydrogen) atoms. The van der Waals surface area contributed by atoms with E-state index in [-0.39, 0.29) is 0 Å². The van der Waals surface area contributed by atoms with E-state index in [1.807, 2.05) is 6.92 Å². The number of aliphatic hydroxyl groups excluding tert-OH is 1. The van der Waals surface area contributed by atoms with E-state index < -0.39 is 6.29 Å². The summed E-state index contributed by atoms with van der Waals surface area (Å²) < 4.78 is 4.95. The van der Waals surface area contributed by atoms with Crippen molar-refractivity contribution in [2.75, 3.05) is 6.61 Å². The predicted molar refractivity (Wildman–Crippen MR) is 30.4 cm³/mol. The van der Waals surface area contributed by atoms with Crippen molar-refractivity contribution in [3.05, 3.63) is 0 Å². The number of hydrogen-bond donors (Lipinski definition) is 1. The van der Waals surface area contributed by atoms with Crippen LogP contribution in [0.3, 0.4) is 0 Å². The maximum absolute atomic E-state index is 8.96. The van der Waals surface area contributed by atoms with Crippen molar-refractivity contribution in [1.82, 2.24) is 0 Å². The second-order valence-electron chi connectivity index (χ2n) is 2.38. The largest absolute Gasteiger partial charge is 0.368 e. The second-order valence-corrected chi connectivity index (χ2v) is 2.38. The summed E-state index contributed by atoms with van der Waals surface area (Å²) in [5.74, 6) is 0.337. The highest BCUT2D eigenvalue weighted by Crippen LogP contribution is 2.17. The first kappa shape index (κ1) is 6.05. The van der Waals surface area contributed by atoms with Gasteiger partial charge in [-0.2, -0.15) is 0 Å². The lowest BCUT2D eigenvalue weighted by Crippen LogP contribution is -2.26. The van der Waals surface area contributed by atoms with Crippen LogP contribution in [0, 0.1) is 5.92 Å². The molecule has 0 aliphatic carbocycles. The van der Waals surface area contributed by atoms with Crippen LogP contribution in [0.15, 0.2) is 0 Å². The summed E-state index contributed by atoms with van der Waals surface area (Å²) in [7, 11) is 0. The van der Waals surface area contributed by atoms with Gasteiger partial charge in [-0.25, -0.2) is 0 Å². The summed E-state index contributed by atoms with van der Waals surface area (Å²) in [6, 6.07) is 0. The minimum absolute atomic E-state index is 0.337. The van der Waals surface area contributed by atoms with Gasteiger partial charge in [0, 0.05) is 12.5 Å². The van der Waals surface area contributed by atoms with Crippen LogP contribution in [0.4, 0.5) is 0 Å². The van der Waals surface area contributed by atoms with E-state index in [9.17, 15) is 0 Å². The molecule has 1 unspecified atom stereocenters. The minimum atomic E-state index is -0.497. The normalized spacial score (nSPS) is 39.8. The summed E-state index contributed by atoms with van der Waals surface area (Å²) in [6.45, 7) is 2.73. The van der Waals surface area contributed by atoms with Crippen molar-refractivity contribution >= 4 is 0 Å². The van der Waals surface area contributed by atoms with Crippen molar-refractivity contribution in [1.29, 1.82) is 0 Å². The minimum Gasteiger partial charge on any atom is -0.368 e. The molecule has 1 aliphatic rings. The van der Waals surface area contributed by atoms with Crippen LogP contribution in [0.5, 0.6) is 0 Å². The topological polar surface area (TPSA) is 29.5 Å². The van der Waals surface area contributed by atoms with Crippen LogP contribution in [0.2, 0.25) is 0 Å². The molecule has 0 aromatic heterocycles. The van der Waals surface area contributed by atoms with Crippen molar-refractivity contribution < 1.29 is 9.84 Å². The standard InChI is InChI=1S/C6H12O2/c1-5-3-2-4-8-6(5)7/h5-7H,2-4H2,1H3/t5-,6?/m0/s1. The quantitative estimate of drug-likeness (QED) is 0.506. The van der Waals surface area contributed by atoms with E-state index in [4.69, 9.17) is 9.84 Å². The third-order valence-electron chi connectivity index (χ3n) is 1.58. The second kappa shape index (κ2) is 2.46. The third kappa shape index (κ3) is 1.20. The number of aliphatic hydroxyl groups is 1. The highest BCUT2D eigenvalue weighted by molar-refractivity contribution is 4.60. The summed E-state index contributed by atoms with van der Waals surface area (Å²) in [5, 5.41) is 8.96. The molecule has 1 N–H and O–H groups in total. The predicted octanol–water partition coefficient (Wildman–Crippen LogP) is 0.751. The van der Waals surface area contributed by atoms with Gasteiger partial charge in [-0.05, 0) is 12.8 Å². The summed E-state index contributed by atoms with van der Waals surface area (Å²) in [5.41, 5.74) is 0. The lowest BCUT2D eigenvalue weighted by Gasteiger charge is -2.23. The molecule has 1 heterocycles. The zero-order valence-electron chi connectivity index (χ0n) is 5.13. The van der Waals surface area contributed by atoms with Crippen LogP contribution in [0.1, 0.15) is 19.8 Å². The number of rotatable bonds is 0. The molecule has 48 valence electrons. The van der Waals surface area contributed by atoms with Gasteiger partial charge in [0.1, 0.15) is 0 Å². The molecule has 0 radical (unpaired) electrons. The van der Waals surface area contributed by atoms with Gasteiger partial charge >= 0.3 is 0 Å². The van der Waals surface area contributed by atoms with Gasteiger partial charge in [0.05, 0.1) is 0 Å². The van der Waals surface area contributed by atoms with E-state index in [0.717, 1.165) is 19.4 Å². The van der Waals surface area contributed by atoms with Crippen molar-refractivity contribution in [3.8, 4) is 0 Å². The molecule has 1 saturated heterocycles. The van der Waals surface area contributed by atoms with Crippen molar-refractivity contribution in [2.24, 2.45) is 5.92 Å². The Balaban J connectivity index is 2.28. The number of hydrogen-bond acceptors (Lipinski definition) is 2. The van der Waals surface area contributed by atoms with Crippen LogP contribution in [0.25, 0.3) is 0 Å². The Morgan fingerprint density at radius 2 is 2.38 bits per heavy atom. The van der Waals surface area contributed by atoms with Crippen molar-refractivity contribution in [2.45, 2.75) is 26.1 Å². The third-order valence-corrected chi connectivity index (χ3v) is 1.58. The Bertz CT molecular complexity index is 62.9. The van der Waals surface area contributed by atoms with Gasteiger partial charge in [0.25, 0.3) is 0 Å². The Morgan fingerprint density at radius 1 is 1.62 bits per heavy atom. The molecule has 1 aliphatic heterocycles. The molecule has 0 aromatic rings. The Labute approximate surface area is 49.5 Å². The van der Waals surface area contributed by atoms with Gasteiger partial charge in [0.15, 0.2) is 6.29 Å². The monoisotopic (exact) mass is 116 g/mol. The fourth-order valence-corrected chi connectivity index (χ4v) is 0.916. The summed E-state index contributed by atoms with van der Waals surface area (Å²) >= 11 is 0. The van der Waals surface area contributed by atoms with E-state index in [1.54, 1.807) is 0 Å². The first-order valence-corrected chi connectivity index (χ1v) is 3.10. The Morgan fingerprint density at radius 3 is 2.75 bits per heavy atom. The average molecular weight is 116 g/mol. The molecule has 0 bridgehead atoms. The molecule has 2 atom stereocenters. The van der Waals surface area contributed by atoms with Gasteiger partial charge in [-0.3, -0.25) is 0 Å². The first-order chi connectivity index (χ1) is 3.80. The molecule has 0 amide bonds. The molecule has 1 fully saturated rings. The van der Waals surface area contributed by atoms with Gasteiger partial charge in [-0.1, -0.05) is 6.92 Å². The lowest BCUT2D eigenvalue weighted by molar-refractivity contribution is -0.153. The van der Waals surface area contributed by atoms with E-state index >= 15 is 0 Å². The molecule has 2 nitrogen and oxygen atoms in total. The van der Waals surface area contributed by atoms with Crippen LogP contribution >= 0.6 is 0 Å². The van der Waals surface area contributed by atoms with Crippen molar-refractivity contribution in [3.63, 3.8) is 0 Å². The molecule has 2 heteroatoms. The van der Waals surface area contributed by atoms with Crippen LogP contribution < -0.4 is 0 Å².